The number of aliphatic carboxylic acids is 1. The fourth-order valence-corrected chi connectivity index (χ4v) is 11.0. The van der Waals surface area contributed by atoms with Crippen LogP contribution in [0, 0.1) is 0 Å². The van der Waals surface area contributed by atoms with Crippen LogP contribution in [0.2, 0.25) is 0 Å². The summed E-state index contributed by atoms with van der Waals surface area (Å²) < 4.78 is 0. The van der Waals surface area contributed by atoms with Gasteiger partial charge < -0.3 is 99.2 Å². The predicted octanol–water partition coefficient (Wildman–Crippen LogP) is -4.65. The van der Waals surface area contributed by atoms with Crippen molar-refractivity contribution in [3.8, 4) is 11.5 Å². The van der Waals surface area contributed by atoms with Gasteiger partial charge in [-0.15, -0.1) is 70.0 Å². The summed E-state index contributed by atoms with van der Waals surface area (Å²) in [7, 11) is 0. The van der Waals surface area contributed by atoms with E-state index in [9.17, 15) is 97.1 Å². The second-order valence-corrected chi connectivity index (χ2v) is 24.7. The number of thiol groups is 10. The van der Waals surface area contributed by atoms with Crippen molar-refractivity contribution in [1.82, 2.24) is 73.6 Å². The van der Waals surface area contributed by atoms with Crippen molar-refractivity contribution < 1.29 is 97.1 Å². The zero-order valence-corrected chi connectivity index (χ0v) is 65.9. The number of nitrogens with one attached hydrogen (secondary N) is 12. The molecule has 586 valence electrons. The third-order valence-electron chi connectivity index (χ3n) is 15.6. The van der Waals surface area contributed by atoms with Gasteiger partial charge in [-0.05, 0) is 88.8 Å². The lowest BCUT2D eigenvalue weighted by Crippen LogP contribution is -2.61. The number of benzene rings is 2. The normalized spacial score (nSPS) is 17.0. The summed E-state index contributed by atoms with van der Waals surface area (Å²) in [4.78, 5) is 214. The van der Waals surface area contributed by atoms with E-state index in [1.165, 1.54) is 55.1 Å². The molecule has 0 bridgehead atoms. The van der Waals surface area contributed by atoms with Crippen LogP contribution in [0.5, 0.6) is 11.5 Å². The standard InChI is InChI=1S/C60H85N15O20S4.3H2S2/c1-28(49(84)70-43(26-99)56(91)73-48(31(4)77)58(93)62-21-46(81)66-40(23-96)53(88)65-34(22-76)18-32-7-11-35(78)12-8-32)64-57(92)44-6-5-17-74(44)60(95)39(20-45(61)80)69-54(89)41(24-97)72-55(90)42(25-98)71-52(87)38(19-33-9-13-36(79)14-10-33)68-51(86)37(15-16-47(82)83)67-50(85)30(3)75-27-63-29(2)59(75)94;3*1-2/h7-14,22,28-31,34,37-44,48,63,77-79,96-99H,5-6,15-21,23-27H2,1-4H3,(H2,61,80)(H,62,93)(H,64,92)(H,65,88)(H,66,81)(H,67,85)(H,68,86)(H,69,89)(H,70,84)(H,71,87)(H,72,90)(H,73,91)(H,82,83);3*1-2H/t28?,29?,30?,31-,34+,37+,38+,39+,40?,41+,42+,43+,44+,48+;;;/m1.../s1. The van der Waals surface area contributed by atoms with E-state index >= 15 is 0 Å². The van der Waals surface area contributed by atoms with Crippen molar-refractivity contribution >= 4 is 215 Å². The van der Waals surface area contributed by atoms with Crippen LogP contribution in [0.4, 0.5) is 0 Å². The molecular weight excluding hydrogens is 1570 g/mol. The molecule has 0 spiro atoms. The Balaban J connectivity index is 0.00000894. The molecule has 0 saturated carbocycles. The average Bonchev–Trinajstić information content (AvgIpc) is 1.75. The molecule has 4 unspecified atom stereocenters. The van der Waals surface area contributed by atoms with Gasteiger partial charge in [-0.3, -0.25) is 77.2 Å². The number of amides is 14. The van der Waals surface area contributed by atoms with Gasteiger partial charge in [-0.1, -0.05) is 24.3 Å². The Bertz CT molecular complexity index is 3290. The Morgan fingerprint density at radius 2 is 1.02 bits per heavy atom. The maximum Gasteiger partial charge on any atom is 0.303 e. The van der Waals surface area contributed by atoms with Crippen molar-refractivity contribution in [3.63, 3.8) is 0 Å². The van der Waals surface area contributed by atoms with E-state index < -0.39 is 216 Å². The number of hydrogen-bond donors (Lipinski definition) is 27. The topological polar surface area (TPSA) is 531 Å². The molecule has 4 rings (SSSR count). The number of carboxylic acid groups (broad SMARTS) is 1. The number of phenols is 2. The molecular formula is C60H91N15O20S10. The molecule has 35 nitrogen and oxygen atoms in total. The van der Waals surface area contributed by atoms with Crippen LogP contribution in [0.1, 0.15) is 70.9 Å². The summed E-state index contributed by atoms with van der Waals surface area (Å²) in [6.07, 6.45) is -3.05. The number of aromatic hydroxyl groups is 2. The van der Waals surface area contributed by atoms with Crippen molar-refractivity contribution in [3.05, 3.63) is 59.7 Å². The van der Waals surface area contributed by atoms with Crippen molar-refractivity contribution in [2.24, 2.45) is 5.73 Å². The van der Waals surface area contributed by atoms with Gasteiger partial charge in [0.1, 0.15) is 84.2 Å². The maximum atomic E-state index is 14.2. The summed E-state index contributed by atoms with van der Waals surface area (Å²) in [6, 6.07) is -6.81. The molecule has 45 heteroatoms. The second-order valence-electron chi connectivity index (χ2n) is 23.2. The number of nitrogens with two attached hydrogens (primary N) is 1. The number of aliphatic hydroxyl groups is 1. The molecule has 14 atom stereocenters. The third-order valence-corrected chi connectivity index (χ3v) is 17.1. The lowest BCUT2D eigenvalue weighted by atomic mass is 10.0. The molecule has 105 heavy (non-hydrogen) atoms. The van der Waals surface area contributed by atoms with E-state index in [0.717, 1.165) is 11.8 Å². The first-order chi connectivity index (χ1) is 49.7. The third kappa shape index (κ3) is 32.7. The van der Waals surface area contributed by atoms with Gasteiger partial charge in [0.25, 0.3) is 0 Å². The molecule has 0 aromatic heterocycles. The number of primary amides is 1. The first kappa shape index (κ1) is 96.2. The molecule has 2 aliphatic rings. The number of carbonyl (C=O) groups is 16. The molecule has 2 saturated heterocycles. The highest BCUT2D eigenvalue weighted by Gasteiger charge is 2.42. The van der Waals surface area contributed by atoms with E-state index in [0.29, 0.717) is 17.4 Å². The Labute approximate surface area is 658 Å². The van der Waals surface area contributed by atoms with Crippen LogP contribution in [0.15, 0.2) is 48.5 Å². The number of likely N-dealkylation sites (tertiary alicyclic amines) is 1. The Morgan fingerprint density at radius 1 is 0.581 bits per heavy atom. The van der Waals surface area contributed by atoms with Crippen LogP contribution in [-0.2, 0) is 89.6 Å². The zero-order chi connectivity index (χ0) is 80.0. The van der Waals surface area contributed by atoms with E-state index in [2.05, 4.69) is 184 Å². The number of hydrogen-bond acceptors (Lipinski definition) is 30. The molecule has 2 aliphatic heterocycles. The summed E-state index contributed by atoms with van der Waals surface area (Å²) in [5.41, 5.74) is 6.48. The Kier molecular flexibility index (Phi) is 46.4. The predicted molar refractivity (Wildman–Crippen MR) is 418 cm³/mol. The molecule has 2 fully saturated rings. The van der Waals surface area contributed by atoms with Gasteiger partial charge in [-0.25, -0.2) is 0 Å². The first-order valence-electron chi connectivity index (χ1n) is 31.6. The molecule has 2 aromatic rings. The highest BCUT2D eigenvalue weighted by atomic mass is 33.1. The number of nitrogens with zero attached hydrogens (tertiary/aromatic N) is 2. The fraction of sp³-hybridized carbons (Fsp3) is 0.533. The minimum atomic E-state index is -1.76. The number of aliphatic hydroxyl groups excluding tert-OH is 1. The van der Waals surface area contributed by atoms with Crippen molar-refractivity contribution in [2.75, 3.05) is 42.8 Å². The SMILES string of the molecule is CC(NC(=O)[C@@H]1CCCN1C(=O)[C@H](CC(N)=O)NC(=O)[C@H](CS)NC(=O)[C@H](CS)NC(=O)[C@H](Cc1ccc(O)cc1)NC(=O)[C@H](CCC(=O)O)NC(=O)C(C)N1CNC(C)C1=O)C(=O)N[C@@H](CS)C(=O)N[C@H](C(=O)NCC(=O)NC(CS)C(=O)N[C@H](C=O)Cc1ccc(O)cc1)[C@@H](C)O.SS.SS.SS. The molecule has 2 aromatic carbocycles. The van der Waals surface area contributed by atoms with Gasteiger partial charge >= 0.3 is 5.97 Å². The largest absolute Gasteiger partial charge is 0.508 e. The minimum Gasteiger partial charge on any atom is -0.508 e. The number of carbonyl (C=O) groups excluding carboxylic acids is 15. The zero-order valence-electron chi connectivity index (χ0n) is 56.9. The van der Waals surface area contributed by atoms with Crippen LogP contribution in [-0.4, -0.2) is 253 Å². The molecule has 0 aliphatic carbocycles. The highest BCUT2D eigenvalue weighted by Crippen LogP contribution is 2.21. The van der Waals surface area contributed by atoms with Crippen LogP contribution in [0.3, 0.4) is 0 Å². The highest BCUT2D eigenvalue weighted by molar-refractivity contribution is 8.60. The maximum absolute atomic E-state index is 14.2. The molecule has 14 amide bonds. The van der Waals surface area contributed by atoms with Gasteiger partial charge in [0.2, 0.25) is 82.7 Å². The Morgan fingerprint density at radius 3 is 1.49 bits per heavy atom. The second kappa shape index (κ2) is 50.7. The van der Waals surface area contributed by atoms with Gasteiger partial charge in [0, 0.05) is 42.4 Å². The number of rotatable bonds is 39. The van der Waals surface area contributed by atoms with Gasteiger partial charge in [-0.2, -0.15) is 50.5 Å². The monoisotopic (exact) mass is 1660 g/mol. The quantitative estimate of drug-likeness (QED) is 0.0170. The van der Waals surface area contributed by atoms with E-state index in [4.69, 9.17) is 5.73 Å². The fourth-order valence-electron chi connectivity index (χ4n) is 9.95. The van der Waals surface area contributed by atoms with E-state index in [-0.39, 0.29) is 56.1 Å². The summed E-state index contributed by atoms with van der Waals surface area (Å²) >= 11 is 36.0. The lowest BCUT2D eigenvalue weighted by Gasteiger charge is -2.30. The van der Waals surface area contributed by atoms with Crippen LogP contribution in [0.25, 0.3) is 0 Å². The molecule has 18 N–H and O–H groups in total. The average molecular weight is 1660 g/mol. The lowest BCUT2D eigenvalue weighted by molar-refractivity contribution is -0.143. The van der Waals surface area contributed by atoms with Gasteiger partial charge in [0.15, 0.2) is 0 Å². The van der Waals surface area contributed by atoms with Crippen molar-refractivity contribution in [1.29, 1.82) is 0 Å². The molecule has 2 heterocycles. The van der Waals surface area contributed by atoms with E-state index in [1.807, 2.05) is 0 Å². The van der Waals surface area contributed by atoms with Gasteiger partial charge in [0.05, 0.1) is 37.8 Å². The smallest absolute Gasteiger partial charge is 0.303 e. The Hall–Kier alpha value is -6.82. The summed E-state index contributed by atoms with van der Waals surface area (Å²) in [6.45, 7) is 4.49. The first-order valence-corrected chi connectivity index (χ1v) is 39.0. The van der Waals surface area contributed by atoms with Crippen molar-refractivity contribution in [2.45, 2.75) is 157 Å². The van der Waals surface area contributed by atoms with E-state index in [1.54, 1.807) is 19.1 Å². The summed E-state index contributed by atoms with van der Waals surface area (Å²) in [5, 5.41) is 68.6. The van der Waals surface area contributed by atoms with Crippen LogP contribution >= 0.6 is 120 Å². The number of carboxylic acids is 1. The minimum absolute atomic E-state index is 0.00745. The number of phenolic OH excluding ortho intramolecular Hbond substituents is 2. The molecule has 0 radical (unpaired) electrons. The summed E-state index contributed by atoms with van der Waals surface area (Å²) in [5.74, 6) is -16.2. The van der Waals surface area contributed by atoms with Crippen LogP contribution < -0.4 is 69.5 Å². The number of aldehydes is 1.